The Morgan fingerprint density at radius 2 is 1.65 bits per heavy atom. The molecule has 4 rings (SSSR count). The predicted octanol–water partition coefficient (Wildman–Crippen LogP) is 2.49. The van der Waals surface area contributed by atoms with Gasteiger partial charge < -0.3 is 10.4 Å². The van der Waals surface area contributed by atoms with Crippen molar-refractivity contribution in [3.63, 3.8) is 0 Å². The molecule has 20 heavy (non-hydrogen) atoms. The topological polar surface area (TPSA) is 66.4 Å². The van der Waals surface area contributed by atoms with Gasteiger partial charge in [0.2, 0.25) is 5.91 Å². The van der Waals surface area contributed by atoms with E-state index >= 15 is 0 Å². The van der Waals surface area contributed by atoms with Gasteiger partial charge >= 0.3 is 5.97 Å². The molecule has 0 aromatic rings. The van der Waals surface area contributed by atoms with E-state index in [0.29, 0.717) is 16.7 Å². The van der Waals surface area contributed by atoms with E-state index in [0.717, 1.165) is 31.4 Å². The first-order chi connectivity index (χ1) is 9.22. The Labute approximate surface area is 119 Å². The summed E-state index contributed by atoms with van der Waals surface area (Å²) in [6, 6.07) is 0. The molecule has 1 amide bonds. The minimum Gasteiger partial charge on any atom is -0.478 e. The summed E-state index contributed by atoms with van der Waals surface area (Å²) < 4.78 is 0. The highest BCUT2D eigenvalue weighted by Crippen LogP contribution is 2.66. The summed E-state index contributed by atoms with van der Waals surface area (Å²) in [5, 5.41) is 11.7. The van der Waals surface area contributed by atoms with E-state index in [2.05, 4.69) is 19.2 Å². The standard InChI is InChI=1S/C16H23NO3/c1-14-5-11-6-15(2,8-14)10-16(7-11,9-14)17-12(18)3-4-13(19)20/h3-4,11H,5-10H2,1-2H3,(H,17,18)(H,19,20)/b4-3+. The first-order valence-corrected chi connectivity index (χ1v) is 7.45. The molecular formula is C16H23NO3. The first kappa shape index (κ1) is 13.7. The molecule has 2 N–H and O–H groups in total. The molecule has 4 heteroatoms. The summed E-state index contributed by atoms with van der Waals surface area (Å²) in [4.78, 5) is 22.5. The number of hydrogen-bond acceptors (Lipinski definition) is 2. The van der Waals surface area contributed by atoms with E-state index in [-0.39, 0.29) is 11.4 Å². The molecule has 2 atom stereocenters. The molecule has 0 heterocycles. The highest BCUT2D eigenvalue weighted by atomic mass is 16.4. The monoisotopic (exact) mass is 277 g/mol. The van der Waals surface area contributed by atoms with Crippen molar-refractivity contribution in [2.75, 3.05) is 0 Å². The van der Waals surface area contributed by atoms with Crippen molar-refractivity contribution in [2.24, 2.45) is 16.7 Å². The van der Waals surface area contributed by atoms with Crippen molar-refractivity contribution >= 4 is 11.9 Å². The third-order valence-corrected chi connectivity index (χ3v) is 5.39. The molecule has 4 fully saturated rings. The van der Waals surface area contributed by atoms with E-state index in [4.69, 9.17) is 5.11 Å². The molecule has 4 saturated carbocycles. The van der Waals surface area contributed by atoms with Gasteiger partial charge in [0, 0.05) is 17.7 Å². The average molecular weight is 277 g/mol. The lowest BCUT2D eigenvalue weighted by molar-refractivity contribution is -0.137. The van der Waals surface area contributed by atoms with Crippen molar-refractivity contribution in [2.45, 2.75) is 57.9 Å². The molecule has 4 bridgehead atoms. The van der Waals surface area contributed by atoms with Crippen LogP contribution in [0.4, 0.5) is 0 Å². The van der Waals surface area contributed by atoms with Gasteiger partial charge in [-0.05, 0) is 55.3 Å². The van der Waals surface area contributed by atoms with Crippen molar-refractivity contribution in [3.05, 3.63) is 12.2 Å². The number of rotatable bonds is 3. The highest BCUT2D eigenvalue weighted by Gasteiger charge is 2.60. The van der Waals surface area contributed by atoms with E-state index in [1.54, 1.807) is 0 Å². The van der Waals surface area contributed by atoms with Crippen LogP contribution >= 0.6 is 0 Å². The second-order valence-corrected chi connectivity index (χ2v) is 8.07. The van der Waals surface area contributed by atoms with E-state index in [1.807, 2.05) is 0 Å². The number of amides is 1. The van der Waals surface area contributed by atoms with Crippen LogP contribution in [0.2, 0.25) is 0 Å². The zero-order valence-corrected chi connectivity index (χ0v) is 12.2. The average Bonchev–Trinajstić information content (AvgIpc) is 2.20. The fourth-order valence-electron chi connectivity index (χ4n) is 6.04. The zero-order valence-electron chi connectivity index (χ0n) is 12.2. The Morgan fingerprint density at radius 3 is 2.15 bits per heavy atom. The maximum Gasteiger partial charge on any atom is 0.328 e. The number of carboxylic acids is 1. The van der Waals surface area contributed by atoms with Gasteiger partial charge in [-0.1, -0.05) is 13.8 Å². The van der Waals surface area contributed by atoms with Crippen LogP contribution in [0.15, 0.2) is 12.2 Å². The van der Waals surface area contributed by atoms with Crippen LogP contribution in [0.5, 0.6) is 0 Å². The third kappa shape index (κ3) is 2.36. The normalized spacial score (nSPS) is 45.8. The van der Waals surface area contributed by atoms with E-state index in [1.165, 1.54) is 19.3 Å². The molecule has 0 saturated heterocycles. The van der Waals surface area contributed by atoms with Crippen molar-refractivity contribution in [3.8, 4) is 0 Å². The second kappa shape index (κ2) is 4.09. The van der Waals surface area contributed by atoms with Crippen LogP contribution in [0.25, 0.3) is 0 Å². The van der Waals surface area contributed by atoms with Crippen LogP contribution in [0.1, 0.15) is 52.4 Å². The second-order valence-electron chi connectivity index (χ2n) is 8.07. The maximum absolute atomic E-state index is 12.0. The SMILES string of the molecule is CC12CC3CC(C)(C1)CC(NC(=O)/C=C/C(=O)O)(C3)C2. The van der Waals surface area contributed by atoms with E-state index in [9.17, 15) is 9.59 Å². The van der Waals surface area contributed by atoms with E-state index < -0.39 is 5.97 Å². The summed E-state index contributed by atoms with van der Waals surface area (Å²) in [5.74, 6) is -0.629. The minimum atomic E-state index is -1.08. The first-order valence-electron chi connectivity index (χ1n) is 7.45. The summed E-state index contributed by atoms with van der Waals surface area (Å²) in [6.45, 7) is 4.70. The molecule has 0 aromatic heterocycles. The molecular weight excluding hydrogens is 254 g/mol. The number of carbonyl (C=O) groups excluding carboxylic acids is 1. The third-order valence-electron chi connectivity index (χ3n) is 5.39. The minimum absolute atomic E-state index is 0.108. The van der Waals surface area contributed by atoms with Gasteiger partial charge in [0.05, 0.1) is 0 Å². The number of nitrogens with one attached hydrogen (secondary N) is 1. The molecule has 4 aliphatic rings. The Bertz CT molecular complexity index is 478. The van der Waals surface area contributed by atoms with Gasteiger partial charge in [0.15, 0.2) is 0 Å². The van der Waals surface area contributed by atoms with Gasteiger partial charge in [-0.25, -0.2) is 4.79 Å². The lowest BCUT2D eigenvalue weighted by atomic mass is 9.43. The van der Waals surface area contributed by atoms with Crippen LogP contribution in [-0.4, -0.2) is 22.5 Å². The predicted molar refractivity (Wildman–Crippen MR) is 75.1 cm³/mol. The summed E-state index contributed by atoms with van der Waals surface area (Å²) in [6.07, 6.45) is 9.03. The molecule has 4 aliphatic carbocycles. The van der Waals surface area contributed by atoms with Crippen molar-refractivity contribution in [1.82, 2.24) is 5.32 Å². The van der Waals surface area contributed by atoms with Gasteiger partial charge in [-0.3, -0.25) is 4.79 Å². The number of carbonyl (C=O) groups is 2. The molecule has 110 valence electrons. The van der Waals surface area contributed by atoms with Crippen LogP contribution in [0.3, 0.4) is 0 Å². The summed E-state index contributed by atoms with van der Waals surface area (Å²) in [5.41, 5.74) is 0.582. The Balaban J connectivity index is 1.79. The molecule has 4 nitrogen and oxygen atoms in total. The molecule has 0 aromatic carbocycles. The fourth-order valence-corrected chi connectivity index (χ4v) is 6.04. The van der Waals surface area contributed by atoms with Gasteiger partial charge in [-0.2, -0.15) is 0 Å². The molecule has 0 spiro atoms. The molecule has 0 radical (unpaired) electrons. The zero-order chi connectivity index (χ0) is 14.6. The maximum atomic E-state index is 12.0. The summed E-state index contributed by atoms with van der Waals surface area (Å²) >= 11 is 0. The Kier molecular flexibility index (Phi) is 2.79. The number of carboxylic acid groups (broad SMARTS) is 1. The lowest BCUT2D eigenvalue weighted by Crippen LogP contribution is -2.65. The highest BCUT2D eigenvalue weighted by molar-refractivity contribution is 5.94. The smallest absolute Gasteiger partial charge is 0.328 e. The largest absolute Gasteiger partial charge is 0.478 e. The molecule has 0 aliphatic heterocycles. The van der Waals surface area contributed by atoms with Crippen LogP contribution in [-0.2, 0) is 9.59 Å². The van der Waals surface area contributed by atoms with Gasteiger partial charge in [0.25, 0.3) is 0 Å². The Hall–Kier alpha value is -1.32. The van der Waals surface area contributed by atoms with Crippen LogP contribution in [0, 0.1) is 16.7 Å². The van der Waals surface area contributed by atoms with Gasteiger partial charge in [-0.15, -0.1) is 0 Å². The van der Waals surface area contributed by atoms with Gasteiger partial charge in [0.1, 0.15) is 0 Å². The molecule has 2 unspecified atom stereocenters. The van der Waals surface area contributed by atoms with Crippen molar-refractivity contribution < 1.29 is 14.7 Å². The van der Waals surface area contributed by atoms with Crippen molar-refractivity contribution in [1.29, 1.82) is 0 Å². The number of hydrogen-bond donors (Lipinski definition) is 2. The Morgan fingerprint density at radius 1 is 1.05 bits per heavy atom. The lowest BCUT2D eigenvalue weighted by Gasteiger charge is -2.65. The van der Waals surface area contributed by atoms with Crippen LogP contribution < -0.4 is 5.32 Å². The fraction of sp³-hybridized carbons (Fsp3) is 0.750. The quantitative estimate of drug-likeness (QED) is 0.779. The summed E-state index contributed by atoms with van der Waals surface area (Å²) in [7, 11) is 0. The number of aliphatic carboxylic acids is 1.